The quantitative estimate of drug-likeness (QED) is 0.307. The minimum Gasteiger partial charge on any atom is -0.436 e. The third-order valence-corrected chi connectivity index (χ3v) is 7.14. The Morgan fingerprint density at radius 3 is 2.70 bits per heavy atom. The molecule has 2 atom stereocenters. The highest BCUT2D eigenvalue weighted by Gasteiger charge is 2.78. The second-order valence-corrected chi connectivity index (χ2v) is 9.33. The highest BCUT2D eigenvalue weighted by molar-refractivity contribution is 7.80. The van der Waals surface area contributed by atoms with Crippen molar-refractivity contribution >= 4 is 35.2 Å². The number of ether oxygens (including phenoxy) is 1. The van der Waals surface area contributed by atoms with Gasteiger partial charge in [-0.15, -0.1) is 0 Å². The first kappa shape index (κ1) is 21.6. The number of hydrogen-bond donors (Lipinski definition) is 2. The number of likely N-dealkylation sites (tertiary alicyclic amines) is 1. The molecule has 174 valence electrons. The van der Waals surface area contributed by atoms with E-state index in [1.165, 1.54) is 0 Å². The number of thiocarbonyl (C=S) groups is 1. The number of urea groups is 1. The number of piperidine rings is 1. The predicted molar refractivity (Wildman–Crippen MR) is 131 cm³/mol. The van der Waals surface area contributed by atoms with Crippen molar-refractivity contribution in [1.29, 1.82) is 0 Å². The summed E-state index contributed by atoms with van der Waals surface area (Å²) in [4.78, 5) is 29.0. The van der Waals surface area contributed by atoms with Crippen LogP contribution >= 0.6 is 12.2 Å². The van der Waals surface area contributed by atoms with Gasteiger partial charge in [0.2, 0.25) is 0 Å². The molecule has 1 aromatic rings. The zero-order valence-corrected chi connectivity index (χ0v) is 19.3. The first-order valence-corrected chi connectivity index (χ1v) is 11.7. The maximum Gasteiger partial charge on any atom is 0.411 e. The molecular formula is C24H29N5O3S. The Morgan fingerprint density at radius 1 is 1.21 bits per heavy atom. The van der Waals surface area contributed by atoms with Crippen LogP contribution in [0.3, 0.4) is 0 Å². The molecule has 2 aliphatic heterocycles. The Balaban J connectivity index is 0.00000274. The van der Waals surface area contributed by atoms with Gasteiger partial charge in [-0.05, 0) is 50.0 Å². The number of allylic oxidation sites excluding steroid dienone is 2. The molecule has 2 aliphatic carbocycles. The lowest BCUT2D eigenvalue weighted by molar-refractivity contribution is 0.0898. The molecule has 3 amide bonds. The van der Waals surface area contributed by atoms with Crippen LogP contribution in [0.1, 0.15) is 39.6 Å². The minimum absolute atomic E-state index is 0. The number of nitrogens with zero attached hydrogens (tertiary/aromatic N) is 3. The Labute approximate surface area is 199 Å². The number of amides is 3. The maximum atomic E-state index is 12.7. The predicted octanol–water partition coefficient (Wildman–Crippen LogP) is 3.55. The third-order valence-electron chi connectivity index (χ3n) is 6.94. The lowest BCUT2D eigenvalue weighted by atomic mass is 10.00. The van der Waals surface area contributed by atoms with Crippen LogP contribution in [0.4, 0.5) is 9.59 Å². The largest absolute Gasteiger partial charge is 0.436 e. The number of hydrogen-bond acceptors (Lipinski definition) is 5. The summed E-state index contributed by atoms with van der Waals surface area (Å²) in [7, 11) is 0. The number of hydrazone groups is 1. The van der Waals surface area contributed by atoms with Gasteiger partial charge in [0.05, 0.1) is 5.71 Å². The average molecular weight is 468 g/mol. The lowest BCUT2D eigenvalue weighted by Gasteiger charge is -2.38. The molecule has 5 rings (SSSR count). The topological polar surface area (TPSA) is 86.3 Å². The van der Waals surface area contributed by atoms with Gasteiger partial charge in [-0.2, -0.15) is 5.10 Å². The van der Waals surface area contributed by atoms with E-state index in [9.17, 15) is 9.59 Å². The Bertz CT molecular complexity index is 1070. The van der Waals surface area contributed by atoms with E-state index in [0.717, 1.165) is 24.1 Å². The van der Waals surface area contributed by atoms with Gasteiger partial charge in [0.1, 0.15) is 5.54 Å². The first-order valence-electron chi connectivity index (χ1n) is 11.3. The molecule has 2 heterocycles. The summed E-state index contributed by atoms with van der Waals surface area (Å²) >= 11 is 5.23. The smallest absolute Gasteiger partial charge is 0.411 e. The monoisotopic (exact) mass is 467 g/mol. The van der Waals surface area contributed by atoms with Gasteiger partial charge in [-0.1, -0.05) is 48.6 Å². The zero-order valence-electron chi connectivity index (χ0n) is 18.5. The van der Waals surface area contributed by atoms with Crippen molar-refractivity contribution in [2.45, 2.75) is 49.8 Å². The number of benzene rings is 1. The van der Waals surface area contributed by atoms with Crippen LogP contribution < -0.4 is 10.7 Å². The van der Waals surface area contributed by atoms with Crippen molar-refractivity contribution in [3.8, 4) is 0 Å². The minimum atomic E-state index is -0.498. The molecule has 2 unspecified atom stereocenters. The number of carbonyl (C=O) groups is 2. The van der Waals surface area contributed by atoms with Gasteiger partial charge in [-0.25, -0.2) is 9.59 Å². The van der Waals surface area contributed by atoms with Crippen molar-refractivity contribution in [2.24, 2.45) is 5.10 Å². The van der Waals surface area contributed by atoms with E-state index in [1.54, 1.807) is 4.90 Å². The molecule has 1 saturated carbocycles. The fraction of sp³-hybridized carbons (Fsp3) is 0.417. The molecule has 33 heavy (non-hydrogen) atoms. The lowest BCUT2D eigenvalue weighted by Crippen LogP contribution is -2.54. The van der Waals surface area contributed by atoms with Crippen LogP contribution in [0.15, 0.2) is 59.7 Å². The highest BCUT2D eigenvalue weighted by Crippen LogP contribution is 2.63. The van der Waals surface area contributed by atoms with Crippen LogP contribution in [-0.2, 0) is 4.74 Å². The van der Waals surface area contributed by atoms with Gasteiger partial charge < -0.3 is 9.64 Å². The van der Waals surface area contributed by atoms with Crippen LogP contribution in [0, 0.1) is 0 Å². The third kappa shape index (κ3) is 3.80. The normalized spacial score (nSPS) is 28.5. The first-order chi connectivity index (χ1) is 15.9. The van der Waals surface area contributed by atoms with E-state index in [-0.39, 0.29) is 30.2 Å². The second-order valence-electron chi connectivity index (χ2n) is 8.92. The molecule has 4 aliphatic rings. The fourth-order valence-corrected chi connectivity index (χ4v) is 5.27. The summed E-state index contributed by atoms with van der Waals surface area (Å²) in [6.45, 7) is 2.95. The van der Waals surface area contributed by atoms with E-state index >= 15 is 0 Å². The van der Waals surface area contributed by atoms with Crippen LogP contribution in [0.2, 0.25) is 0 Å². The van der Waals surface area contributed by atoms with Gasteiger partial charge in [0.15, 0.2) is 10.7 Å². The van der Waals surface area contributed by atoms with Crippen molar-refractivity contribution in [2.75, 3.05) is 13.1 Å². The van der Waals surface area contributed by atoms with Gasteiger partial charge in [-0.3, -0.25) is 15.6 Å². The molecule has 0 spiro atoms. The molecule has 9 heteroatoms. The number of rotatable bonds is 3. The van der Waals surface area contributed by atoms with E-state index in [1.807, 2.05) is 48.2 Å². The van der Waals surface area contributed by atoms with Crippen molar-refractivity contribution in [1.82, 2.24) is 20.5 Å². The Morgan fingerprint density at radius 2 is 1.94 bits per heavy atom. The summed E-state index contributed by atoms with van der Waals surface area (Å²) in [6.07, 6.45) is 11.2. The highest BCUT2D eigenvalue weighted by atomic mass is 32.1. The van der Waals surface area contributed by atoms with Crippen molar-refractivity contribution < 1.29 is 15.8 Å². The summed E-state index contributed by atoms with van der Waals surface area (Å²) in [6, 6.07) is 9.50. The van der Waals surface area contributed by atoms with E-state index in [0.29, 0.717) is 25.9 Å². The van der Waals surface area contributed by atoms with Crippen molar-refractivity contribution in [3.63, 3.8) is 0 Å². The fourth-order valence-electron chi connectivity index (χ4n) is 5.14. The molecule has 3 fully saturated rings. The standard InChI is InChI=1S/C24H27N5O3S.H2/c1-17(18-8-4-2-5-9-18)26-27-20(33)25-21(30)28-14-10-19(11-15-28)29-22(31)32-24-13-7-3-6-12-23(24,29)16-24;/h2,4-9,12-13,19H,3,10-11,14-16H2,1H3,(H2,25,27,30,33);1H/b26-17+;. The SMILES string of the molecule is C/C(=N\NC(=S)NC(=O)N1CCC(N2C(=O)OC34C=CCC=CC23C4)CC1)c1ccccc1.[HH]. The summed E-state index contributed by atoms with van der Waals surface area (Å²) in [5.74, 6) is 0. The molecule has 2 N–H and O–H groups in total. The average Bonchev–Trinajstić information content (AvgIpc) is 3.40. The molecule has 0 radical (unpaired) electrons. The van der Waals surface area contributed by atoms with E-state index in [2.05, 4.69) is 34.1 Å². The molecule has 1 aromatic carbocycles. The Hall–Kier alpha value is -3.20. The van der Waals surface area contributed by atoms with Gasteiger partial charge >= 0.3 is 12.1 Å². The van der Waals surface area contributed by atoms with Crippen LogP contribution in [-0.4, -0.2) is 63.0 Å². The summed E-state index contributed by atoms with van der Waals surface area (Å²) < 4.78 is 5.79. The van der Waals surface area contributed by atoms with Gasteiger partial charge in [0.25, 0.3) is 0 Å². The number of nitrogens with one attached hydrogen (secondary N) is 2. The van der Waals surface area contributed by atoms with Crippen LogP contribution in [0.25, 0.3) is 0 Å². The Kier molecular flexibility index (Phi) is 5.44. The molecule has 0 aromatic heterocycles. The zero-order chi connectivity index (χ0) is 23.1. The molecule has 8 nitrogen and oxygen atoms in total. The summed E-state index contributed by atoms with van der Waals surface area (Å²) in [5, 5.41) is 7.09. The van der Waals surface area contributed by atoms with Crippen LogP contribution in [0.5, 0.6) is 0 Å². The maximum absolute atomic E-state index is 12.7. The molecular weight excluding hydrogens is 438 g/mol. The second kappa shape index (κ2) is 8.30. The van der Waals surface area contributed by atoms with Crippen molar-refractivity contribution in [3.05, 3.63) is 60.2 Å². The molecule has 0 bridgehead atoms. The number of carbonyl (C=O) groups excluding carboxylic acids is 2. The van der Waals surface area contributed by atoms with Gasteiger partial charge in [0, 0.05) is 27.0 Å². The van der Waals surface area contributed by atoms with E-state index in [4.69, 9.17) is 17.0 Å². The van der Waals surface area contributed by atoms with E-state index < -0.39 is 5.60 Å². The molecule has 2 saturated heterocycles. The summed E-state index contributed by atoms with van der Waals surface area (Å²) in [5.41, 5.74) is 3.62.